The van der Waals surface area contributed by atoms with E-state index in [4.69, 9.17) is 4.42 Å². The molecule has 0 radical (unpaired) electrons. The molecule has 0 N–H and O–H groups in total. The minimum atomic E-state index is 0.459. The van der Waals surface area contributed by atoms with Gasteiger partial charge in [0.1, 0.15) is 16.6 Å². The highest BCUT2D eigenvalue weighted by Gasteiger charge is 2.15. The lowest BCUT2D eigenvalue weighted by atomic mass is 10.1. The first-order valence-electron chi connectivity index (χ1n) is 5.96. The van der Waals surface area contributed by atoms with Gasteiger partial charge in [-0.25, -0.2) is 4.98 Å². The van der Waals surface area contributed by atoms with Gasteiger partial charge in [0, 0.05) is 0 Å². The highest BCUT2D eigenvalue weighted by Crippen LogP contribution is 2.31. The summed E-state index contributed by atoms with van der Waals surface area (Å²) in [6.45, 7) is 3.69. The van der Waals surface area contributed by atoms with Crippen LogP contribution in [0.4, 0.5) is 0 Å². The molecule has 0 amide bonds. The number of nitrogens with zero attached hydrogens (tertiary/aromatic N) is 4. The first-order chi connectivity index (χ1) is 9.69. The Morgan fingerprint density at radius 3 is 2.75 bits per heavy atom. The summed E-state index contributed by atoms with van der Waals surface area (Å²) in [7, 11) is 0. The predicted molar refractivity (Wildman–Crippen MR) is 74.4 cm³/mol. The molecule has 0 aliphatic rings. The fourth-order valence-electron chi connectivity index (χ4n) is 1.77. The van der Waals surface area contributed by atoms with Crippen LogP contribution in [0.25, 0.3) is 11.1 Å². The second-order valence-electron chi connectivity index (χ2n) is 4.25. The molecule has 0 aliphatic heterocycles. The van der Waals surface area contributed by atoms with Gasteiger partial charge in [-0.15, -0.1) is 5.10 Å². The molecule has 0 saturated carbocycles. The van der Waals surface area contributed by atoms with Crippen LogP contribution in [-0.4, -0.2) is 15.2 Å². The molecule has 0 fully saturated rings. The Labute approximate surface area is 119 Å². The second kappa shape index (κ2) is 4.94. The molecule has 0 spiro atoms. The Bertz CT molecular complexity index is 802. The van der Waals surface area contributed by atoms with Crippen molar-refractivity contribution in [1.29, 1.82) is 5.26 Å². The zero-order valence-electron chi connectivity index (χ0n) is 10.9. The number of oxazole rings is 1. The van der Waals surface area contributed by atoms with Crippen molar-refractivity contribution in [3.8, 4) is 6.07 Å². The zero-order valence-corrected chi connectivity index (χ0v) is 11.7. The minimum absolute atomic E-state index is 0.459. The van der Waals surface area contributed by atoms with E-state index in [9.17, 15) is 5.26 Å². The monoisotopic (exact) mass is 282 g/mol. The van der Waals surface area contributed by atoms with Crippen LogP contribution >= 0.6 is 11.8 Å². The van der Waals surface area contributed by atoms with Crippen molar-refractivity contribution in [1.82, 2.24) is 15.2 Å². The lowest BCUT2D eigenvalue weighted by molar-refractivity contribution is 0.489. The van der Waals surface area contributed by atoms with Crippen molar-refractivity contribution in [2.24, 2.45) is 0 Å². The Kier molecular flexibility index (Phi) is 3.12. The van der Waals surface area contributed by atoms with E-state index in [1.54, 1.807) is 0 Å². The van der Waals surface area contributed by atoms with Gasteiger partial charge in [0.2, 0.25) is 0 Å². The van der Waals surface area contributed by atoms with Gasteiger partial charge in [0.15, 0.2) is 5.58 Å². The molecule has 0 aliphatic carbocycles. The number of fused-ring (bicyclic) bond motifs is 1. The average Bonchev–Trinajstić information content (AvgIpc) is 2.85. The van der Waals surface area contributed by atoms with E-state index in [2.05, 4.69) is 21.3 Å². The highest BCUT2D eigenvalue weighted by molar-refractivity contribution is 7.99. The van der Waals surface area contributed by atoms with Gasteiger partial charge < -0.3 is 4.42 Å². The number of nitriles is 1. The zero-order chi connectivity index (χ0) is 14.1. The molecule has 3 rings (SSSR count). The van der Waals surface area contributed by atoms with Crippen LogP contribution in [0, 0.1) is 25.2 Å². The normalized spacial score (nSPS) is 10.7. The summed E-state index contributed by atoms with van der Waals surface area (Å²) in [6.07, 6.45) is 0. The lowest BCUT2D eigenvalue weighted by Crippen LogP contribution is -1.98. The molecule has 2 heterocycles. The summed E-state index contributed by atoms with van der Waals surface area (Å²) in [6, 6.07) is 9.68. The molecular formula is C14H10N4OS. The number of para-hydroxylation sites is 2. The SMILES string of the molecule is Cc1nnc(Sc2nc3ccccc3o2)c(C#N)c1C. The Balaban J connectivity index is 2.03. The summed E-state index contributed by atoms with van der Waals surface area (Å²) in [5.41, 5.74) is 3.60. The summed E-state index contributed by atoms with van der Waals surface area (Å²) in [4.78, 5) is 4.35. The molecule has 0 atom stereocenters. The van der Waals surface area contributed by atoms with Gasteiger partial charge in [-0.3, -0.25) is 0 Å². The first-order valence-corrected chi connectivity index (χ1v) is 6.78. The summed E-state index contributed by atoms with van der Waals surface area (Å²) < 4.78 is 5.62. The second-order valence-corrected chi connectivity index (χ2v) is 5.19. The molecule has 20 heavy (non-hydrogen) atoms. The van der Waals surface area contributed by atoms with Gasteiger partial charge in [-0.05, 0) is 43.3 Å². The van der Waals surface area contributed by atoms with E-state index in [1.807, 2.05) is 38.1 Å². The maximum Gasteiger partial charge on any atom is 0.263 e. The Hall–Kier alpha value is -2.39. The highest BCUT2D eigenvalue weighted by atomic mass is 32.2. The van der Waals surface area contributed by atoms with Crippen molar-refractivity contribution in [2.75, 3.05) is 0 Å². The van der Waals surface area contributed by atoms with Crippen LogP contribution in [0.5, 0.6) is 0 Å². The number of aromatic nitrogens is 3. The molecule has 3 aromatic rings. The van der Waals surface area contributed by atoms with Crippen molar-refractivity contribution in [2.45, 2.75) is 24.1 Å². The van der Waals surface area contributed by atoms with Crippen molar-refractivity contribution in [3.63, 3.8) is 0 Å². The maximum atomic E-state index is 9.26. The van der Waals surface area contributed by atoms with Gasteiger partial charge >= 0.3 is 0 Å². The van der Waals surface area contributed by atoms with Gasteiger partial charge in [0.05, 0.1) is 11.3 Å². The molecular weight excluding hydrogens is 272 g/mol. The van der Waals surface area contributed by atoms with Crippen LogP contribution in [0.1, 0.15) is 16.8 Å². The molecule has 1 aromatic carbocycles. The third-order valence-corrected chi connectivity index (χ3v) is 3.82. The number of benzene rings is 1. The number of hydrogen-bond donors (Lipinski definition) is 0. The van der Waals surface area contributed by atoms with E-state index in [1.165, 1.54) is 11.8 Å². The molecule has 2 aromatic heterocycles. The fourth-order valence-corrected chi connectivity index (χ4v) is 2.59. The quantitative estimate of drug-likeness (QED) is 0.718. The van der Waals surface area contributed by atoms with Gasteiger partial charge in [-0.1, -0.05) is 12.1 Å². The van der Waals surface area contributed by atoms with Crippen LogP contribution in [0.2, 0.25) is 0 Å². The largest absolute Gasteiger partial charge is 0.431 e. The predicted octanol–water partition coefficient (Wildman–Crippen LogP) is 3.26. The average molecular weight is 282 g/mol. The smallest absolute Gasteiger partial charge is 0.263 e. The van der Waals surface area contributed by atoms with Crippen LogP contribution in [0.15, 0.2) is 38.9 Å². The molecule has 98 valence electrons. The summed E-state index contributed by atoms with van der Waals surface area (Å²) in [5, 5.41) is 18.3. The molecule has 6 heteroatoms. The number of hydrogen-bond acceptors (Lipinski definition) is 6. The van der Waals surface area contributed by atoms with Gasteiger partial charge in [0.25, 0.3) is 5.22 Å². The maximum absolute atomic E-state index is 9.26. The van der Waals surface area contributed by atoms with Crippen LogP contribution in [-0.2, 0) is 0 Å². The van der Waals surface area contributed by atoms with Crippen molar-refractivity contribution < 1.29 is 4.42 Å². The van der Waals surface area contributed by atoms with Crippen LogP contribution < -0.4 is 0 Å². The molecule has 0 bridgehead atoms. The topological polar surface area (TPSA) is 75.6 Å². The van der Waals surface area contributed by atoms with Gasteiger partial charge in [-0.2, -0.15) is 10.4 Å². The third kappa shape index (κ3) is 2.12. The fraction of sp³-hybridized carbons (Fsp3) is 0.143. The first kappa shape index (κ1) is 12.6. The molecule has 0 unspecified atom stereocenters. The lowest BCUT2D eigenvalue weighted by Gasteiger charge is -2.03. The van der Waals surface area contributed by atoms with E-state index >= 15 is 0 Å². The third-order valence-electron chi connectivity index (χ3n) is 2.99. The molecule has 5 nitrogen and oxygen atoms in total. The number of aryl methyl sites for hydroxylation is 1. The Morgan fingerprint density at radius 1 is 1.20 bits per heavy atom. The van der Waals surface area contributed by atoms with E-state index in [0.717, 1.165) is 16.8 Å². The number of rotatable bonds is 2. The van der Waals surface area contributed by atoms with E-state index in [0.29, 0.717) is 21.4 Å². The van der Waals surface area contributed by atoms with E-state index < -0.39 is 0 Å². The summed E-state index contributed by atoms with van der Waals surface area (Å²) in [5.74, 6) is 0. The standard InChI is InChI=1S/C14H10N4OS/c1-8-9(2)17-18-13(10(8)7-15)20-14-16-11-5-3-4-6-12(11)19-14/h3-6H,1-2H3. The van der Waals surface area contributed by atoms with Crippen molar-refractivity contribution in [3.05, 3.63) is 41.1 Å². The minimum Gasteiger partial charge on any atom is -0.431 e. The van der Waals surface area contributed by atoms with Crippen molar-refractivity contribution >= 4 is 22.9 Å². The summed E-state index contributed by atoms with van der Waals surface area (Å²) >= 11 is 1.21. The van der Waals surface area contributed by atoms with E-state index in [-0.39, 0.29) is 0 Å². The van der Waals surface area contributed by atoms with Crippen LogP contribution in [0.3, 0.4) is 0 Å². The molecule has 0 saturated heterocycles. The Morgan fingerprint density at radius 2 is 2.00 bits per heavy atom.